The lowest BCUT2D eigenvalue weighted by molar-refractivity contribution is -0.128. The molecule has 0 spiro atoms. The number of anilines is 3. The third kappa shape index (κ3) is 13.6. The first kappa shape index (κ1) is 60.5. The molecule has 4 aliphatic heterocycles. The number of amides is 7. The molecular weight excluding hydrogens is 1060 g/mol. The first-order valence-electron chi connectivity index (χ1n) is 26.5. The second kappa shape index (κ2) is 27.4. The van der Waals surface area contributed by atoms with Crippen LogP contribution in [0.15, 0.2) is 122 Å². The lowest BCUT2D eigenvalue weighted by atomic mass is 10.0. The molecule has 3 aromatic rings. The lowest BCUT2D eigenvalue weighted by Crippen LogP contribution is -2.53. The van der Waals surface area contributed by atoms with Gasteiger partial charge in [-0.15, -0.1) is 0 Å². The number of aliphatic hydroxyl groups excluding tert-OH is 2. The van der Waals surface area contributed by atoms with Crippen LogP contribution in [0.3, 0.4) is 0 Å². The van der Waals surface area contributed by atoms with Gasteiger partial charge in [0.2, 0.25) is 11.8 Å². The molecule has 23 heteroatoms. The van der Waals surface area contributed by atoms with Gasteiger partial charge >= 0.3 is 18.3 Å². The molecule has 0 aliphatic carbocycles. The number of rotatable bonds is 22. The molecule has 4 aliphatic rings. The van der Waals surface area contributed by atoms with E-state index in [-0.39, 0.29) is 104 Å². The summed E-state index contributed by atoms with van der Waals surface area (Å²) in [5.74, 6) is -1.92. The molecule has 0 aromatic heterocycles. The average Bonchev–Trinajstić information content (AvgIpc) is 4.29. The van der Waals surface area contributed by atoms with E-state index in [1.54, 1.807) is 62.7 Å². The normalized spacial score (nSPS) is 18.9. The number of nitrogens with one attached hydrogen (secondary N) is 3. The zero-order valence-electron chi connectivity index (χ0n) is 46.7. The Morgan fingerprint density at radius 3 is 1.62 bits per heavy atom. The smallest absolute Gasteiger partial charge is 0.416 e. The van der Waals surface area contributed by atoms with Gasteiger partial charge in [0.05, 0.1) is 62.0 Å². The minimum atomic E-state index is -1.61. The Labute approximate surface area is 475 Å². The van der Waals surface area contributed by atoms with E-state index in [2.05, 4.69) is 29.1 Å². The third-order valence-electron chi connectivity index (χ3n) is 13.6. The quantitative estimate of drug-likeness (QED) is 0.0377. The van der Waals surface area contributed by atoms with E-state index >= 15 is 0 Å². The number of aliphatic hydroxyl groups is 2. The number of benzene rings is 3. The van der Waals surface area contributed by atoms with Crippen molar-refractivity contribution in [1.29, 1.82) is 0 Å². The first-order chi connectivity index (χ1) is 39.4. The molecule has 7 rings (SSSR count). The van der Waals surface area contributed by atoms with Crippen LogP contribution >= 0.6 is 0 Å². The van der Waals surface area contributed by atoms with Crippen LogP contribution in [0.2, 0.25) is 0 Å². The van der Waals surface area contributed by atoms with Crippen molar-refractivity contribution < 1.29 is 76.9 Å². The Bertz CT molecular complexity index is 3060. The molecule has 0 saturated heterocycles. The molecule has 0 unspecified atom stereocenters. The van der Waals surface area contributed by atoms with Crippen LogP contribution in [0.4, 0.5) is 31.4 Å². The highest BCUT2D eigenvalue weighted by Crippen LogP contribution is 2.44. The molecular formula is C59H69N7O16. The molecule has 82 heavy (non-hydrogen) atoms. The summed E-state index contributed by atoms with van der Waals surface area (Å²) in [6.45, 7) is 15.2. The SMILES string of the molecule is C=CCOC(=O)N[C@H](C(=O)N[C@@H](C)C(=O)Nc1ccc(COC(=O)N2c3cc(OCCCOc4cc5c(cc4OC)C(=O)N4C=C(/C=C/C)C[C@H]4[C@H](O)N5C(=O)OCC=C)c(OC)cc3C(=O)N3C=C(/C=C/C)C[C@H]3[C@@H]2O)cc1)C(C)C. The number of hydrogen-bond donors (Lipinski definition) is 5. The number of allylic oxidation sites excluding steroid dienone is 4. The van der Waals surface area contributed by atoms with Crippen LogP contribution in [-0.2, 0) is 30.4 Å². The van der Waals surface area contributed by atoms with E-state index in [1.807, 2.05) is 26.0 Å². The minimum absolute atomic E-state index is 0.00363. The van der Waals surface area contributed by atoms with Crippen LogP contribution in [0, 0.1) is 5.92 Å². The maximum atomic E-state index is 14.4. The number of hydrogen-bond acceptors (Lipinski definition) is 16. The van der Waals surface area contributed by atoms with Crippen molar-refractivity contribution in [2.45, 2.75) is 97.1 Å². The van der Waals surface area contributed by atoms with E-state index < -0.39 is 78.5 Å². The van der Waals surface area contributed by atoms with E-state index in [9.17, 15) is 43.8 Å². The zero-order chi connectivity index (χ0) is 59.4. The minimum Gasteiger partial charge on any atom is -0.493 e. The summed E-state index contributed by atoms with van der Waals surface area (Å²) in [6.07, 6.45) is 8.13. The second-order valence-corrected chi connectivity index (χ2v) is 19.6. The highest BCUT2D eigenvalue weighted by Gasteiger charge is 2.47. The molecule has 3 aromatic carbocycles. The van der Waals surface area contributed by atoms with Gasteiger partial charge in [-0.3, -0.25) is 19.2 Å². The zero-order valence-corrected chi connectivity index (χ0v) is 46.7. The molecule has 0 fully saturated rings. The summed E-state index contributed by atoms with van der Waals surface area (Å²) in [7, 11) is 2.78. The fourth-order valence-electron chi connectivity index (χ4n) is 9.58. The number of nitrogens with zero attached hydrogens (tertiary/aromatic N) is 4. The first-order valence-corrected chi connectivity index (χ1v) is 26.5. The molecule has 23 nitrogen and oxygen atoms in total. The van der Waals surface area contributed by atoms with Gasteiger partial charge in [-0.2, -0.15) is 0 Å². The summed E-state index contributed by atoms with van der Waals surface area (Å²) in [6, 6.07) is 8.33. The maximum absolute atomic E-state index is 14.4. The van der Waals surface area contributed by atoms with Gasteiger partial charge in [0.15, 0.2) is 35.5 Å². The van der Waals surface area contributed by atoms with Gasteiger partial charge in [0.25, 0.3) is 11.8 Å². The van der Waals surface area contributed by atoms with Crippen molar-refractivity contribution in [2.24, 2.45) is 5.92 Å². The largest absolute Gasteiger partial charge is 0.493 e. The third-order valence-corrected chi connectivity index (χ3v) is 13.6. The van der Waals surface area contributed by atoms with E-state index in [4.69, 9.17) is 33.2 Å². The monoisotopic (exact) mass is 1130 g/mol. The molecule has 436 valence electrons. The molecule has 5 N–H and O–H groups in total. The van der Waals surface area contributed by atoms with Gasteiger partial charge in [0, 0.05) is 36.6 Å². The number of carbonyl (C=O) groups excluding carboxylic acids is 7. The van der Waals surface area contributed by atoms with Crippen LogP contribution < -0.4 is 44.7 Å². The van der Waals surface area contributed by atoms with Crippen molar-refractivity contribution in [3.8, 4) is 23.0 Å². The predicted molar refractivity (Wildman–Crippen MR) is 301 cm³/mol. The summed E-state index contributed by atoms with van der Waals surface area (Å²) in [5, 5.41) is 31.6. The molecule has 0 bridgehead atoms. The molecule has 0 saturated carbocycles. The maximum Gasteiger partial charge on any atom is 0.416 e. The van der Waals surface area contributed by atoms with Crippen LogP contribution in [-0.4, -0.2) is 139 Å². The van der Waals surface area contributed by atoms with Crippen molar-refractivity contribution in [1.82, 2.24) is 20.4 Å². The Kier molecular flexibility index (Phi) is 20.2. The van der Waals surface area contributed by atoms with E-state index in [1.165, 1.54) is 67.4 Å². The molecule has 7 amide bonds. The molecule has 0 radical (unpaired) electrons. The summed E-state index contributed by atoms with van der Waals surface area (Å²) < 4.78 is 39.9. The molecule has 6 atom stereocenters. The van der Waals surface area contributed by atoms with Crippen LogP contribution in [0.5, 0.6) is 23.0 Å². The Morgan fingerprint density at radius 1 is 0.671 bits per heavy atom. The predicted octanol–water partition coefficient (Wildman–Crippen LogP) is 7.22. The van der Waals surface area contributed by atoms with Gasteiger partial charge in [-0.1, -0.05) is 75.6 Å². The summed E-state index contributed by atoms with van der Waals surface area (Å²) in [4.78, 5) is 99.5. The van der Waals surface area contributed by atoms with Gasteiger partial charge < -0.3 is 69.1 Å². The van der Waals surface area contributed by atoms with Crippen molar-refractivity contribution in [3.63, 3.8) is 0 Å². The number of alkyl carbamates (subject to hydrolysis) is 1. The van der Waals surface area contributed by atoms with E-state index in [0.717, 1.165) is 20.9 Å². The molecule has 4 heterocycles. The topological polar surface area (TPSA) is 274 Å². The van der Waals surface area contributed by atoms with Crippen molar-refractivity contribution in [3.05, 3.63) is 138 Å². The lowest BCUT2D eigenvalue weighted by Gasteiger charge is -2.31. The Balaban J connectivity index is 1.05. The second-order valence-electron chi connectivity index (χ2n) is 19.6. The van der Waals surface area contributed by atoms with E-state index in [0.29, 0.717) is 11.3 Å². The Hall–Kier alpha value is -9.09. The number of fused-ring (bicyclic) bond motifs is 4. The van der Waals surface area contributed by atoms with Gasteiger partial charge in [-0.25, -0.2) is 24.2 Å². The van der Waals surface area contributed by atoms with Crippen LogP contribution in [0.1, 0.15) is 80.2 Å². The van der Waals surface area contributed by atoms with Gasteiger partial charge in [0.1, 0.15) is 31.9 Å². The van der Waals surface area contributed by atoms with Crippen molar-refractivity contribution in [2.75, 3.05) is 55.8 Å². The fourth-order valence-corrected chi connectivity index (χ4v) is 9.58. The van der Waals surface area contributed by atoms with Crippen LogP contribution in [0.25, 0.3) is 0 Å². The standard InChI is InChI=1S/C59H69N7O16/c1-10-15-37-25-44-55(71)65(58(74)81-22-13-4)42-29-48(46(76-8)27-40(42)53(69)63(44)31-37)78-23-14-24-79-49-30-43-41(28-47(49)77-9)54(70)64-32-38(16-11-2)26-45(64)56(72)66(43)59(75)82-33-36-17-19-39(20-18-36)61-51(67)35(7)60-52(68)50(34(5)6)62-57(73)80-21-12-3/h10-13,15-20,27-32,34-35,44-45,50,55-56,71-72H,3-4,14,21-26,33H2,1-2,5-9H3,(H,60,68)(H,61,67)(H,62,73)/b15-10+,16-11+/t35-,44-,45-,50-,55-,56-/m0/s1. The summed E-state index contributed by atoms with van der Waals surface area (Å²) >= 11 is 0. The average molecular weight is 1130 g/mol. The highest BCUT2D eigenvalue weighted by molar-refractivity contribution is 6.08. The number of methoxy groups -OCH3 is 2. The highest BCUT2D eigenvalue weighted by atomic mass is 16.6. The summed E-state index contributed by atoms with van der Waals surface area (Å²) in [5.41, 5.74) is 2.45. The fraction of sp³-hybridized carbons (Fsp3) is 0.373. The number of carbonyl (C=O) groups is 7. The van der Waals surface area contributed by atoms with Crippen molar-refractivity contribution >= 4 is 59.0 Å². The Morgan fingerprint density at radius 2 is 1.16 bits per heavy atom. The number of ether oxygens (including phenoxy) is 7. The van der Waals surface area contributed by atoms with Gasteiger partial charge in [-0.05, 0) is 80.5 Å².